The molecule has 1 aliphatic rings. The van der Waals surface area contributed by atoms with Crippen LogP contribution in [0.2, 0.25) is 0 Å². The first-order chi connectivity index (χ1) is 14.0. The second-order valence-corrected chi connectivity index (χ2v) is 6.56. The number of nitrogens with two attached hydrogens (primary N) is 1. The lowest BCUT2D eigenvalue weighted by Gasteiger charge is -2.13. The highest BCUT2D eigenvalue weighted by Crippen LogP contribution is 2.33. The van der Waals surface area contributed by atoms with Crippen LogP contribution in [0.4, 0.5) is 0 Å². The number of imidazole rings is 1. The molecule has 0 bridgehead atoms. The first kappa shape index (κ1) is 20.1. The Bertz CT molecular complexity index is 1150. The molecule has 0 spiro atoms. The Kier molecular flexibility index (Phi) is 5.65. The summed E-state index contributed by atoms with van der Waals surface area (Å²) in [5.41, 5.74) is 12.0. The van der Waals surface area contributed by atoms with Gasteiger partial charge in [-0.15, -0.1) is 6.42 Å². The van der Waals surface area contributed by atoms with E-state index in [0.717, 1.165) is 33.7 Å². The van der Waals surface area contributed by atoms with Gasteiger partial charge in [-0.3, -0.25) is 14.4 Å². The predicted octanol–water partition coefficient (Wildman–Crippen LogP) is 4.20. The average molecular weight is 384 g/mol. The van der Waals surface area contributed by atoms with Gasteiger partial charge in [0, 0.05) is 16.7 Å². The highest BCUT2D eigenvalue weighted by Gasteiger charge is 2.28. The molecular formula is C24H24N4O. The van der Waals surface area contributed by atoms with Crippen molar-refractivity contribution < 1.29 is 4.79 Å². The lowest BCUT2D eigenvalue weighted by atomic mass is 9.95. The van der Waals surface area contributed by atoms with Gasteiger partial charge in [-0.2, -0.15) is 0 Å². The van der Waals surface area contributed by atoms with Crippen LogP contribution in [0, 0.1) is 19.3 Å². The Morgan fingerprint density at radius 3 is 2.55 bits per heavy atom. The average Bonchev–Trinajstić information content (AvgIpc) is 3.14. The summed E-state index contributed by atoms with van der Waals surface area (Å²) in [7, 11) is 0. The number of hydrogen-bond donors (Lipinski definition) is 1. The molecule has 2 N–H and O–H groups in total. The van der Waals surface area contributed by atoms with Gasteiger partial charge >= 0.3 is 0 Å². The number of terminal acetylenes is 1. The van der Waals surface area contributed by atoms with Crippen molar-refractivity contribution >= 4 is 11.6 Å². The molecule has 0 saturated heterocycles. The summed E-state index contributed by atoms with van der Waals surface area (Å²) in [6, 6.07) is 13.5. The second-order valence-electron chi connectivity index (χ2n) is 6.56. The zero-order valence-corrected chi connectivity index (χ0v) is 17.1. The molecule has 2 aromatic carbocycles. The smallest absolute Gasteiger partial charge is 0.269 e. The van der Waals surface area contributed by atoms with Crippen molar-refractivity contribution in [1.82, 2.24) is 9.55 Å². The van der Waals surface area contributed by atoms with E-state index in [9.17, 15) is 4.79 Å². The highest BCUT2D eigenvalue weighted by molar-refractivity contribution is 6.16. The number of benzene rings is 2. The Balaban J connectivity index is 0.00000117. The van der Waals surface area contributed by atoms with Gasteiger partial charge < -0.3 is 5.73 Å². The van der Waals surface area contributed by atoms with Crippen LogP contribution >= 0.6 is 0 Å². The number of nitrogens with zero attached hydrogens (tertiary/aromatic N) is 3. The Morgan fingerprint density at radius 2 is 1.90 bits per heavy atom. The van der Waals surface area contributed by atoms with E-state index in [4.69, 9.17) is 17.1 Å². The van der Waals surface area contributed by atoms with Crippen molar-refractivity contribution in [3.8, 4) is 18.0 Å². The maximum atomic E-state index is 11.9. The van der Waals surface area contributed by atoms with Gasteiger partial charge in [0.15, 0.2) is 5.69 Å². The number of aliphatic imine (C=N–C) groups is 1. The van der Waals surface area contributed by atoms with E-state index in [0.29, 0.717) is 5.69 Å². The minimum Gasteiger partial charge on any atom is -0.364 e. The number of carbonyl (C=O) groups is 1. The summed E-state index contributed by atoms with van der Waals surface area (Å²) >= 11 is 0. The largest absolute Gasteiger partial charge is 0.364 e. The van der Waals surface area contributed by atoms with Crippen LogP contribution in [-0.2, 0) is 0 Å². The maximum Gasteiger partial charge on any atom is 0.269 e. The fraction of sp³-hybridized carbons (Fsp3) is 0.208. The van der Waals surface area contributed by atoms with Gasteiger partial charge in [0.25, 0.3) is 5.91 Å². The maximum absolute atomic E-state index is 11.9. The molecule has 3 aromatic rings. The zero-order valence-electron chi connectivity index (χ0n) is 17.1. The summed E-state index contributed by atoms with van der Waals surface area (Å²) < 4.78 is 1.88. The quantitative estimate of drug-likeness (QED) is 0.673. The van der Waals surface area contributed by atoms with E-state index in [1.54, 1.807) is 6.33 Å². The Morgan fingerprint density at radius 1 is 1.17 bits per heavy atom. The molecule has 1 atom stereocenters. The number of rotatable bonds is 2. The van der Waals surface area contributed by atoms with E-state index >= 15 is 0 Å². The lowest BCUT2D eigenvalue weighted by molar-refractivity contribution is 0.0994. The van der Waals surface area contributed by atoms with E-state index in [2.05, 4.69) is 23.9 Å². The molecule has 1 amide bonds. The summed E-state index contributed by atoms with van der Waals surface area (Å²) in [6.07, 6.45) is 7.25. The fourth-order valence-electron chi connectivity index (χ4n) is 3.54. The molecule has 1 unspecified atom stereocenters. The molecule has 2 heterocycles. The van der Waals surface area contributed by atoms with E-state index in [-0.39, 0.29) is 11.7 Å². The lowest BCUT2D eigenvalue weighted by Crippen LogP contribution is -2.15. The molecule has 1 aliphatic heterocycles. The molecule has 0 saturated carbocycles. The molecule has 0 fully saturated rings. The van der Waals surface area contributed by atoms with Crippen LogP contribution in [-0.4, -0.2) is 21.2 Å². The number of aromatic nitrogens is 2. The number of aryl methyl sites for hydroxylation is 1. The van der Waals surface area contributed by atoms with E-state index < -0.39 is 5.91 Å². The fourth-order valence-corrected chi connectivity index (χ4v) is 3.54. The van der Waals surface area contributed by atoms with Crippen LogP contribution in [0.5, 0.6) is 0 Å². The van der Waals surface area contributed by atoms with Crippen molar-refractivity contribution in [1.29, 1.82) is 0 Å². The van der Waals surface area contributed by atoms with Crippen molar-refractivity contribution in [2.24, 2.45) is 10.7 Å². The van der Waals surface area contributed by atoms with Crippen molar-refractivity contribution in [2.75, 3.05) is 0 Å². The first-order valence-corrected chi connectivity index (χ1v) is 9.63. The van der Waals surface area contributed by atoms with Gasteiger partial charge in [-0.05, 0) is 37.6 Å². The third kappa shape index (κ3) is 3.45. The number of amides is 1. The topological polar surface area (TPSA) is 73.3 Å². The SMILES string of the molecule is C#Cc1ccc2c(c1)C(c1ccccc1C)=NC(C)c1c(C(N)=O)ncn1-2.CC. The second kappa shape index (κ2) is 8.15. The van der Waals surface area contributed by atoms with Gasteiger partial charge in [0.05, 0.1) is 23.1 Å². The molecule has 5 heteroatoms. The summed E-state index contributed by atoms with van der Waals surface area (Å²) in [4.78, 5) is 21.1. The van der Waals surface area contributed by atoms with Crippen LogP contribution < -0.4 is 5.73 Å². The summed E-state index contributed by atoms with van der Waals surface area (Å²) in [5.74, 6) is 2.13. The summed E-state index contributed by atoms with van der Waals surface area (Å²) in [6.45, 7) is 7.99. The van der Waals surface area contributed by atoms with Crippen molar-refractivity contribution in [3.05, 3.63) is 82.4 Å². The van der Waals surface area contributed by atoms with Crippen molar-refractivity contribution in [3.63, 3.8) is 0 Å². The Hall–Kier alpha value is -3.65. The molecule has 1 aromatic heterocycles. The first-order valence-electron chi connectivity index (χ1n) is 9.63. The highest BCUT2D eigenvalue weighted by atomic mass is 16.1. The van der Waals surface area contributed by atoms with Crippen LogP contribution in [0.3, 0.4) is 0 Å². The zero-order chi connectivity index (χ0) is 21.1. The van der Waals surface area contributed by atoms with Crippen LogP contribution in [0.25, 0.3) is 5.69 Å². The molecule has 5 nitrogen and oxygen atoms in total. The molecule has 0 aliphatic carbocycles. The minimum absolute atomic E-state index is 0.240. The number of fused-ring (bicyclic) bond motifs is 3. The van der Waals surface area contributed by atoms with Gasteiger partial charge in [0.1, 0.15) is 6.33 Å². The van der Waals surface area contributed by atoms with E-state index in [1.165, 1.54) is 0 Å². The van der Waals surface area contributed by atoms with Crippen LogP contribution in [0.15, 0.2) is 53.8 Å². The van der Waals surface area contributed by atoms with E-state index in [1.807, 2.05) is 61.7 Å². The Labute approximate surface area is 171 Å². The molecular weight excluding hydrogens is 360 g/mol. The normalized spacial score (nSPS) is 14.3. The minimum atomic E-state index is -0.563. The number of hydrogen-bond acceptors (Lipinski definition) is 3. The third-order valence-corrected chi connectivity index (χ3v) is 4.83. The van der Waals surface area contributed by atoms with Gasteiger partial charge in [0.2, 0.25) is 0 Å². The number of carbonyl (C=O) groups excluding carboxylic acids is 1. The molecule has 0 radical (unpaired) electrons. The third-order valence-electron chi connectivity index (χ3n) is 4.83. The number of primary amides is 1. The van der Waals surface area contributed by atoms with Gasteiger partial charge in [-0.25, -0.2) is 4.98 Å². The molecule has 146 valence electrons. The standard InChI is InChI=1S/C22H18N4O.C2H6/c1-4-15-9-10-18-17(11-15)19(16-8-6-5-7-13(16)2)25-14(3)21-20(22(23)27)24-12-26(18)21;1-2/h1,5-12,14H,2-3H3,(H2,23,27);1-2H3. The van der Waals surface area contributed by atoms with Crippen LogP contribution in [0.1, 0.15) is 65.2 Å². The summed E-state index contributed by atoms with van der Waals surface area (Å²) in [5, 5.41) is 0. The predicted molar refractivity (Wildman–Crippen MR) is 117 cm³/mol. The molecule has 29 heavy (non-hydrogen) atoms. The molecule has 4 rings (SSSR count). The van der Waals surface area contributed by atoms with Gasteiger partial charge in [-0.1, -0.05) is 44.0 Å². The monoisotopic (exact) mass is 384 g/mol. The van der Waals surface area contributed by atoms with Crippen molar-refractivity contribution in [2.45, 2.75) is 33.7 Å².